The summed E-state index contributed by atoms with van der Waals surface area (Å²) in [6.45, 7) is 19.5. The molecule has 0 fully saturated rings. The van der Waals surface area contributed by atoms with Crippen LogP contribution in [-0.2, 0) is 6.42 Å². The molecule has 0 saturated heterocycles. The van der Waals surface area contributed by atoms with Crippen molar-refractivity contribution in [2.24, 2.45) is 0 Å². The highest BCUT2D eigenvalue weighted by Crippen LogP contribution is 2.37. The van der Waals surface area contributed by atoms with Crippen LogP contribution in [-0.4, -0.2) is 0 Å². The Kier molecular flexibility index (Phi) is 5.61. The number of hydrogen-bond donors (Lipinski definition) is 0. The lowest BCUT2D eigenvalue weighted by Crippen LogP contribution is -1.98. The van der Waals surface area contributed by atoms with Gasteiger partial charge in [0.05, 0.1) is 0 Å². The van der Waals surface area contributed by atoms with Crippen molar-refractivity contribution in [1.29, 1.82) is 0 Å². The average Bonchev–Trinajstić information content (AvgIpc) is 2.67. The molecule has 0 atom stereocenters. The lowest BCUT2D eigenvalue weighted by molar-refractivity contribution is 1.18. The molecule has 144 valence electrons. The van der Waals surface area contributed by atoms with Crippen LogP contribution in [0, 0.1) is 48.5 Å². The van der Waals surface area contributed by atoms with Gasteiger partial charge in [-0.3, -0.25) is 0 Å². The molecule has 3 rings (SSSR count). The summed E-state index contributed by atoms with van der Waals surface area (Å²) in [6, 6.07) is 13.7. The molecule has 3 aromatic carbocycles. The number of rotatable bonds is 4. The number of aryl methyl sites for hydroxylation is 1. The molecular weight excluding hydrogens is 336 g/mol. The Morgan fingerprint density at radius 3 is 1.43 bits per heavy atom. The van der Waals surface area contributed by atoms with Crippen LogP contribution in [0.2, 0.25) is 0 Å². The van der Waals surface area contributed by atoms with Gasteiger partial charge in [-0.05, 0) is 122 Å². The van der Waals surface area contributed by atoms with E-state index in [2.05, 4.69) is 91.4 Å². The van der Waals surface area contributed by atoms with Gasteiger partial charge in [-0.25, -0.2) is 0 Å². The second-order valence-corrected chi connectivity index (χ2v) is 8.11. The van der Waals surface area contributed by atoms with E-state index in [0.29, 0.717) is 0 Å². The van der Waals surface area contributed by atoms with Crippen molar-refractivity contribution in [3.05, 3.63) is 93.6 Å². The second kappa shape index (κ2) is 7.80. The first-order valence-corrected chi connectivity index (χ1v) is 10.2. The van der Waals surface area contributed by atoms with Gasteiger partial charge in [0.15, 0.2) is 0 Å². The zero-order valence-corrected chi connectivity index (χ0v) is 18.5. The van der Waals surface area contributed by atoms with Gasteiger partial charge in [-0.15, -0.1) is 6.58 Å². The van der Waals surface area contributed by atoms with E-state index in [1.165, 1.54) is 66.8 Å². The van der Waals surface area contributed by atoms with Gasteiger partial charge >= 0.3 is 0 Å². The van der Waals surface area contributed by atoms with Gasteiger partial charge < -0.3 is 0 Å². The lowest BCUT2D eigenvalue weighted by atomic mass is 9.85. The average molecular weight is 369 g/mol. The third kappa shape index (κ3) is 3.33. The Labute approximate surface area is 171 Å². The normalized spacial score (nSPS) is 11.0. The lowest BCUT2D eigenvalue weighted by Gasteiger charge is -2.19. The largest absolute Gasteiger partial charge is 0.103 e. The van der Waals surface area contributed by atoms with Crippen molar-refractivity contribution in [3.8, 4) is 22.3 Å². The van der Waals surface area contributed by atoms with Crippen LogP contribution in [0.15, 0.2) is 49.1 Å². The van der Waals surface area contributed by atoms with Crippen LogP contribution in [0.3, 0.4) is 0 Å². The highest BCUT2D eigenvalue weighted by atomic mass is 14.2. The second-order valence-electron chi connectivity index (χ2n) is 8.11. The van der Waals surface area contributed by atoms with Crippen molar-refractivity contribution in [1.82, 2.24) is 0 Å². The predicted octanol–water partition coefficient (Wildman–Crippen LogP) is 7.91. The quantitative estimate of drug-likeness (QED) is 0.410. The molecule has 0 amide bonds. The monoisotopic (exact) mass is 368 g/mol. The maximum atomic E-state index is 3.89. The highest BCUT2D eigenvalue weighted by Gasteiger charge is 2.15. The summed E-state index contributed by atoms with van der Waals surface area (Å²) in [5.41, 5.74) is 16.4. The molecule has 0 N–H and O–H groups in total. The molecule has 0 radical (unpaired) electrons. The highest BCUT2D eigenvalue weighted by molar-refractivity contribution is 5.80. The van der Waals surface area contributed by atoms with Gasteiger partial charge in [-0.1, -0.05) is 42.5 Å². The first kappa shape index (κ1) is 20.1. The topological polar surface area (TPSA) is 0 Å². The molecule has 0 aromatic heterocycles. The van der Waals surface area contributed by atoms with Crippen molar-refractivity contribution < 1.29 is 0 Å². The van der Waals surface area contributed by atoms with Gasteiger partial charge in [0.1, 0.15) is 0 Å². The first-order valence-electron chi connectivity index (χ1n) is 10.2. The fraction of sp³-hybridized carbons (Fsp3) is 0.286. The maximum Gasteiger partial charge on any atom is -0.00974 e. The van der Waals surface area contributed by atoms with E-state index in [0.717, 1.165) is 6.42 Å². The molecule has 0 saturated carbocycles. The van der Waals surface area contributed by atoms with Gasteiger partial charge in [-0.2, -0.15) is 0 Å². The van der Waals surface area contributed by atoms with Crippen molar-refractivity contribution >= 4 is 0 Å². The third-order valence-corrected chi connectivity index (χ3v) is 6.69. The van der Waals surface area contributed by atoms with Crippen LogP contribution >= 0.6 is 0 Å². The smallest absolute Gasteiger partial charge is 0.00974 e. The molecular formula is C28H32. The first-order chi connectivity index (χ1) is 13.3. The summed E-state index contributed by atoms with van der Waals surface area (Å²) in [5.74, 6) is 0. The number of benzene rings is 3. The van der Waals surface area contributed by atoms with E-state index in [9.17, 15) is 0 Å². The minimum atomic E-state index is 0.927. The Morgan fingerprint density at radius 2 is 0.929 bits per heavy atom. The van der Waals surface area contributed by atoms with E-state index in [4.69, 9.17) is 0 Å². The molecule has 28 heavy (non-hydrogen) atoms. The number of hydrogen-bond acceptors (Lipinski definition) is 0. The molecule has 0 spiro atoms. The standard InChI is InChI=1S/C28H32/c1-9-10-24-12-14-26(21(6)19(24)4)28-16-15-27(22(7)23(28)8)25-13-11-17(2)18(3)20(25)5/h9,11-16H,1,10H2,2-8H3. The Hall–Kier alpha value is -2.60. The fourth-order valence-corrected chi connectivity index (χ4v) is 4.20. The summed E-state index contributed by atoms with van der Waals surface area (Å²) in [4.78, 5) is 0. The van der Waals surface area contributed by atoms with Gasteiger partial charge in [0.25, 0.3) is 0 Å². The Morgan fingerprint density at radius 1 is 0.536 bits per heavy atom. The molecule has 3 aromatic rings. The fourth-order valence-electron chi connectivity index (χ4n) is 4.20. The van der Waals surface area contributed by atoms with Crippen LogP contribution in [0.4, 0.5) is 0 Å². The summed E-state index contributed by atoms with van der Waals surface area (Å²) in [5, 5.41) is 0. The predicted molar refractivity (Wildman–Crippen MR) is 124 cm³/mol. The molecule has 0 aliphatic rings. The molecule has 0 heterocycles. The van der Waals surface area contributed by atoms with Crippen LogP contribution < -0.4 is 0 Å². The van der Waals surface area contributed by atoms with Crippen LogP contribution in [0.5, 0.6) is 0 Å². The minimum Gasteiger partial charge on any atom is -0.103 e. The molecule has 0 aliphatic heterocycles. The van der Waals surface area contributed by atoms with Crippen LogP contribution in [0.25, 0.3) is 22.3 Å². The van der Waals surface area contributed by atoms with Gasteiger partial charge in [0.2, 0.25) is 0 Å². The van der Waals surface area contributed by atoms with E-state index in [1.54, 1.807) is 0 Å². The third-order valence-electron chi connectivity index (χ3n) is 6.69. The maximum absolute atomic E-state index is 3.89. The van der Waals surface area contributed by atoms with Gasteiger partial charge in [0, 0.05) is 0 Å². The van der Waals surface area contributed by atoms with Crippen molar-refractivity contribution in [2.75, 3.05) is 0 Å². The molecule has 0 heteroatoms. The van der Waals surface area contributed by atoms with E-state index in [1.807, 2.05) is 6.08 Å². The summed E-state index contributed by atoms with van der Waals surface area (Å²) in [6.07, 6.45) is 2.91. The molecule has 0 nitrogen and oxygen atoms in total. The van der Waals surface area contributed by atoms with E-state index < -0.39 is 0 Å². The SMILES string of the molecule is C=CCc1ccc(-c2ccc(-c3ccc(C)c(C)c3C)c(C)c2C)c(C)c1C. The van der Waals surface area contributed by atoms with E-state index in [-0.39, 0.29) is 0 Å². The molecule has 0 aliphatic carbocycles. The molecule has 0 bridgehead atoms. The summed E-state index contributed by atoms with van der Waals surface area (Å²) < 4.78 is 0. The Bertz CT molecular complexity index is 1060. The molecule has 0 unspecified atom stereocenters. The van der Waals surface area contributed by atoms with Crippen LogP contribution in [0.1, 0.15) is 44.5 Å². The summed E-state index contributed by atoms with van der Waals surface area (Å²) in [7, 11) is 0. The zero-order chi connectivity index (χ0) is 20.6. The zero-order valence-electron chi connectivity index (χ0n) is 18.5. The van der Waals surface area contributed by atoms with E-state index >= 15 is 0 Å². The Balaban J connectivity index is 2.16. The van der Waals surface area contributed by atoms with Crippen molar-refractivity contribution in [2.45, 2.75) is 54.9 Å². The summed E-state index contributed by atoms with van der Waals surface area (Å²) >= 11 is 0. The minimum absolute atomic E-state index is 0.927. The van der Waals surface area contributed by atoms with Crippen molar-refractivity contribution in [3.63, 3.8) is 0 Å². The number of allylic oxidation sites excluding steroid dienone is 1.